The van der Waals surface area contributed by atoms with Gasteiger partial charge in [-0.1, -0.05) is 23.7 Å². The van der Waals surface area contributed by atoms with Crippen molar-refractivity contribution in [2.45, 2.75) is 18.9 Å². The highest BCUT2D eigenvalue weighted by Crippen LogP contribution is 2.36. The zero-order valence-electron chi connectivity index (χ0n) is 14.7. The lowest BCUT2D eigenvalue weighted by molar-refractivity contribution is -0.143. The van der Waals surface area contributed by atoms with E-state index in [2.05, 4.69) is 10.3 Å². The first-order valence-electron chi connectivity index (χ1n) is 8.21. The fourth-order valence-corrected chi connectivity index (χ4v) is 3.38. The van der Waals surface area contributed by atoms with E-state index < -0.39 is 35.9 Å². The van der Waals surface area contributed by atoms with Crippen LogP contribution in [0.5, 0.6) is 0 Å². The van der Waals surface area contributed by atoms with E-state index in [1.165, 1.54) is 0 Å². The number of thiazole rings is 1. The Kier molecular flexibility index (Phi) is 6.09. The predicted molar refractivity (Wildman–Crippen MR) is 100 cm³/mol. The van der Waals surface area contributed by atoms with E-state index in [1.807, 2.05) is 0 Å². The Balaban J connectivity index is 1.77. The molecule has 0 saturated heterocycles. The molecule has 3 nitrogen and oxygen atoms in total. The van der Waals surface area contributed by atoms with Gasteiger partial charge in [0.25, 0.3) is 5.91 Å². The van der Waals surface area contributed by atoms with Crippen LogP contribution in [0.1, 0.15) is 26.5 Å². The minimum Gasteiger partial charge on any atom is -0.346 e. The maximum atomic E-state index is 12.9. The van der Waals surface area contributed by atoms with Crippen LogP contribution in [0.4, 0.5) is 26.3 Å². The van der Waals surface area contributed by atoms with Crippen molar-refractivity contribution in [2.75, 3.05) is 0 Å². The van der Waals surface area contributed by atoms with Gasteiger partial charge >= 0.3 is 12.4 Å². The second kappa shape index (κ2) is 8.27. The Hall–Kier alpha value is -2.59. The number of nitrogens with one attached hydrogen (secondary N) is 1. The van der Waals surface area contributed by atoms with Crippen LogP contribution < -0.4 is 5.32 Å². The predicted octanol–water partition coefficient (Wildman–Crippen LogP) is 6.43. The Labute approximate surface area is 175 Å². The van der Waals surface area contributed by atoms with Gasteiger partial charge in [0.05, 0.1) is 16.8 Å². The summed E-state index contributed by atoms with van der Waals surface area (Å²) in [6, 6.07) is 7.84. The van der Waals surface area contributed by atoms with Crippen molar-refractivity contribution in [1.29, 1.82) is 0 Å². The molecule has 0 saturated carbocycles. The van der Waals surface area contributed by atoms with Gasteiger partial charge in [-0.3, -0.25) is 4.79 Å². The summed E-state index contributed by atoms with van der Waals surface area (Å²) in [5, 5.41) is 4.44. The fraction of sp³-hybridized carbons (Fsp3) is 0.158. The number of nitrogens with zero attached hydrogens (tertiary/aromatic N) is 1. The Bertz CT molecular complexity index is 1030. The smallest absolute Gasteiger partial charge is 0.346 e. The van der Waals surface area contributed by atoms with Gasteiger partial charge in [-0.2, -0.15) is 26.3 Å². The molecule has 0 radical (unpaired) electrons. The fourth-order valence-electron chi connectivity index (χ4n) is 2.51. The lowest BCUT2D eigenvalue weighted by Gasteiger charge is -2.14. The number of carbonyl (C=O) groups excluding carboxylic acids is 1. The van der Waals surface area contributed by atoms with E-state index >= 15 is 0 Å². The van der Waals surface area contributed by atoms with E-state index in [0.717, 1.165) is 11.3 Å². The number of alkyl halides is 6. The molecule has 0 spiro atoms. The zero-order valence-corrected chi connectivity index (χ0v) is 16.3. The van der Waals surface area contributed by atoms with Gasteiger partial charge in [-0.25, -0.2) is 4.98 Å². The molecule has 2 aromatic carbocycles. The highest BCUT2D eigenvalue weighted by molar-refractivity contribution is 7.12. The van der Waals surface area contributed by atoms with Gasteiger partial charge < -0.3 is 5.32 Å². The number of halogens is 7. The maximum absolute atomic E-state index is 12.9. The molecule has 11 heteroatoms. The van der Waals surface area contributed by atoms with Crippen molar-refractivity contribution in [3.63, 3.8) is 0 Å². The number of benzene rings is 2. The Morgan fingerprint density at radius 3 is 2.07 bits per heavy atom. The first-order valence-corrected chi connectivity index (χ1v) is 9.47. The number of carbonyl (C=O) groups is 1. The van der Waals surface area contributed by atoms with Crippen molar-refractivity contribution in [3.8, 4) is 11.3 Å². The molecule has 0 aliphatic carbocycles. The highest BCUT2D eigenvalue weighted by atomic mass is 35.5. The molecule has 0 atom stereocenters. The monoisotopic (exact) mass is 464 g/mol. The molecule has 0 fully saturated rings. The summed E-state index contributed by atoms with van der Waals surface area (Å²) in [6.45, 7) is -0.526. The Morgan fingerprint density at radius 2 is 1.53 bits per heavy atom. The molecular formula is C19H11ClF6N2OS. The summed E-state index contributed by atoms with van der Waals surface area (Å²) in [5.74, 6) is -0.716. The first-order chi connectivity index (χ1) is 13.9. The van der Waals surface area contributed by atoms with Gasteiger partial charge in [0, 0.05) is 22.5 Å². The van der Waals surface area contributed by atoms with E-state index in [1.54, 1.807) is 29.6 Å². The van der Waals surface area contributed by atoms with E-state index in [4.69, 9.17) is 11.6 Å². The summed E-state index contributed by atoms with van der Waals surface area (Å²) in [4.78, 5) is 16.4. The molecule has 0 aliphatic heterocycles. The van der Waals surface area contributed by atoms with Gasteiger partial charge in [0.15, 0.2) is 5.01 Å². The van der Waals surface area contributed by atoms with E-state index in [-0.39, 0.29) is 16.6 Å². The zero-order chi connectivity index (χ0) is 22.1. The minimum absolute atomic E-state index is 0.0166. The molecule has 3 rings (SSSR count). The van der Waals surface area contributed by atoms with Crippen molar-refractivity contribution < 1.29 is 31.1 Å². The second-order valence-electron chi connectivity index (χ2n) is 6.14. The quantitative estimate of drug-likeness (QED) is 0.452. The number of aromatic nitrogens is 1. The van der Waals surface area contributed by atoms with Crippen molar-refractivity contribution in [1.82, 2.24) is 10.3 Å². The summed E-state index contributed by atoms with van der Waals surface area (Å²) in [6.07, 6.45) is -9.91. The second-order valence-corrected chi connectivity index (χ2v) is 7.44. The van der Waals surface area contributed by atoms with Crippen LogP contribution in [-0.4, -0.2) is 10.9 Å². The van der Waals surface area contributed by atoms with Gasteiger partial charge in [0.1, 0.15) is 0 Å². The average molecular weight is 465 g/mol. The lowest BCUT2D eigenvalue weighted by Crippen LogP contribution is -2.23. The number of hydrogen-bond donors (Lipinski definition) is 1. The summed E-state index contributed by atoms with van der Waals surface area (Å²) >= 11 is 6.80. The SMILES string of the molecule is O=C(NCc1cc(C(F)(F)F)cc(C(F)(F)F)c1)c1nc(-c2ccc(Cl)cc2)cs1. The number of rotatable bonds is 4. The number of hydrogen-bond acceptors (Lipinski definition) is 3. The largest absolute Gasteiger partial charge is 0.416 e. The van der Waals surface area contributed by atoms with Crippen LogP contribution in [0.3, 0.4) is 0 Å². The molecule has 1 heterocycles. The van der Waals surface area contributed by atoms with Crippen molar-refractivity contribution in [3.05, 3.63) is 74.6 Å². The standard InChI is InChI=1S/C19H11ClF6N2OS/c20-14-3-1-11(2-4-14)15-9-30-17(28-15)16(29)27-8-10-5-12(18(21,22)23)7-13(6-10)19(24,25)26/h1-7,9H,8H2,(H,27,29). The topological polar surface area (TPSA) is 42.0 Å². The lowest BCUT2D eigenvalue weighted by atomic mass is 10.0. The molecule has 1 amide bonds. The average Bonchev–Trinajstić information content (AvgIpc) is 3.15. The van der Waals surface area contributed by atoms with Crippen LogP contribution in [0.25, 0.3) is 11.3 Å². The molecule has 0 aliphatic rings. The van der Waals surface area contributed by atoms with Crippen LogP contribution in [0.2, 0.25) is 5.02 Å². The van der Waals surface area contributed by atoms with E-state index in [0.29, 0.717) is 28.4 Å². The normalized spacial score (nSPS) is 12.1. The molecule has 1 N–H and O–H groups in total. The Morgan fingerprint density at radius 1 is 0.967 bits per heavy atom. The van der Waals surface area contributed by atoms with Crippen LogP contribution in [0.15, 0.2) is 47.8 Å². The molecular weight excluding hydrogens is 454 g/mol. The van der Waals surface area contributed by atoms with Crippen LogP contribution >= 0.6 is 22.9 Å². The van der Waals surface area contributed by atoms with Gasteiger partial charge in [-0.05, 0) is 35.9 Å². The summed E-state index contributed by atoms with van der Waals surface area (Å²) in [7, 11) is 0. The molecule has 3 aromatic rings. The maximum Gasteiger partial charge on any atom is 0.416 e. The summed E-state index contributed by atoms with van der Waals surface area (Å²) < 4.78 is 77.5. The third-order valence-corrected chi connectivity index (χ3v) is 5.03. The molecule has 30 heavy (non-hydrogen) atoms. The molecule has 0 unspecified atom stereocenters. The third kappa shape index (κ3) is 5.31. The highest BCUT2D eigenvalue weighted by Gasteiger charge is 2.36. The number of amides is 1. The van der Waals surface area contributed by atoms with Crippen LogP contribution in [-0.2, 0) is 18.9 Å². The van der Waals surface area contributed by atoms with E-state index in [9.17, 15) is 31.1 Å². The minimum atomic E-state index is -4.96. The van der Waals surface area contributed by atoms with Gasteiger partial charge in [0.2, 0.25) is 0 Å². The van der Waals surface area contributed by atoms with Gasteiger partial charge in [-0.15, -0.1) is 11.3 Å². The molecule has 1 aromatic heterocycles. The molecule has 158 valence electrons. The first kappa shape index (κ1) is 22.1. The van der Waals surface area contributed by atoms with Crippen LogP contribution in [0, 0.1) is 0 Å². The van der Waals surface area contributed by atoms with Crippen molar-refractivity contribution >= 4 is 28.8 Å². The third-order valence-electron chi connectivity index (χ3n) is 3.94. The molecule has 0 bridgehead atoms. The van der Waals surface area contributed by atoms with Crippen molar-refractivity contribution in [2.24, 2.45) is 0 Å². The summed E-state index contributed by atoms with van der Waals surface area (Å²) in [5.41, 5.74) is -2.04.